The number of carbonyl (C=O) groups is 1. The topological polar surface area (TPSA) is 114 Å². The molecule has 3 N–H and O–H groups in total. The minimum absolute atomic E-state index is 0.0993. The maximum atomic E-state index is 12.1. The van der Waals surface area contributed by atoms with Crippen molar-refractivity contribution in [1.29, 1.82) is 5.26 Å². The molecule has 2 aliphatic carbocycles. The van der Waals surface area contributed by atoms with E-state index in [0.717, 1.165) is 38.5 Å². The lowest BCUT2D eigenvalue weighted by Crippen LogP contribution is -2.36. The third kappa shape index (κ3) is 5.36. The molecule has 0 saturated heterocycles. The van der Waals surface area contributed by atoms with Crippen LogP contribution >= 0.6 is 0 Å². The molecule has 0 spiro atoms. The van der Waals surface area contributed by atoms with Gasteiger partial charge in [-0.05, 0) is 50.9 Å². The number of nitrogens with one attached hydrogen (secondary N) is 2. The number of nitriles is 1. The number of hydrogen-bond donors (Lipinski definition) is 3. The van der Waals surface area contributed by atoms with Gasteiger partial charge >= 0.3 is 0 Å². The van der Waals surface area contributed by atoms with E-state index in [4.69, 9.17) is 0 Å². The molecule has 2 fully saturated rings. The Bertz CT molecular complexity index is 754. The zero-order valence-corrected chi connectivity index (χ0v) is 17.6. The van der Waals surface area contributed by atoms with Crippen molar-refractivity contribution in [2.24, 2.45) is 11.8 Å². The smallest absolute Gasteiger partial charge is 0.225 e. The fraction of sp³-hybridized carbons (Fsp3) is 0.714. The van der Waals surface area contributed by atoms with Gasteiger partial charge in [0.15, 0.2) is 0 Å². The van der Waals surface area contributed by atoms with Crippen molar-refractivity contribution in [1.82, 2.24) is 14.9 Å². The highest BCUT2D eigenvalue weighted by Gasteiger charge is 2.29. The summed E-state index contributed by atoms with van der Waals surface area (Å²) < 4.78 is 0. The highest BCUT2D eigenvalue weighted by Crippen LogP contribution is 2.29. The second kappa shape index (κ2) is 9.40. The summed E-state index contributed by atoms with van der Waals surface area (Å²) in [6, 6.07) is 2.47. The van der Waals surface area contributed by atoms with E-state index in [1.165, 1.54) is 0 Å². The minimum atomic E-state index is -0.328. The van der Waals surface area contributed by atoms with Gasteiger partial charge in [-0.3, -0.25) is 4.79 Å². The Balaban J connectivity index is 1.61. The Morgan fingerprint density at radius 1 is 1.17 bits per heavy atom. The van der Waals surface area contributed by atoms with E-state index >= 15 is 0 Å². The summed E-state index contributed by atoms with van der Waals surface area (Å²) >= 11 is 0. The van der Waals surface area contributed by atoms with Crippen LogP contribution in [0.5, 0.6) is 0 Å². The number of rotatable bonds is 5. The minimum Gasteiger partial charge on any atom is -0.393 e. The number of aliphatic hydroxyl groups is 1. The quantitative estimate of drug-likeness (QED) is 0.695. The molecule has 8 heteroatoms. The summed E-state index contributed by atoms with van der Waals surface area (Å²) in [5, 5.41) is 26.3. The van der Waals surface area contributed by atoms with Crippen LogP contribution in [0.15, 0.2) is 6.20 Å². The number of carbonyl (C=O) groups excluding carboxylic acids is 1. The van der Waals surface area contributed by atoms with E-state index in [-0.39, 0.29) is 30.0 Å². The second-order valence-corrected chi connectivity index (χ2v) is 8.69. The third-order valence-corrected chi connectivity index (χ3v) is 6.25. The van der Waals surface area contributed by atoms with E-state index in [9.17, 15) is 15.2 Å². The number of aromatic nitrogens is 2. The molecule has 0 aromatic carbocycles. The number of amides is 1. The van der Waals surface area contributed by atoms with E-state index in [0.29, 0.717) is 29.7 Å². The van der Waals surface area contributed by atoms with E-state index in [1.807, 2.05) is 0 Å². The van der Waals surface area contributed by atoms with Crippen molar-refractivity contribution in [3.05, 3.63) is 11.8 Å². The summed E-state index contributed by atoms with van der Waals surface area (Å²) in [5.41, 5.74) is 0.406. The monoisotopic (exact) mass is 400 g/mol. The largest absolute Gasteiger partial charge is 0.393 e. The molecule has 2 saturated carbocycles. The normalized spacial score (nSPS) is 29.6. The first-order valence-corrected chi connectivity index (χ1v) is 10.6. The van der Waals surface area contributed by atoms with Crippen molar-refractivity contribution >= 4 is 17.7 Å². The molecular formula is C21H32N6O2. The first-order valence-electron chi connectivity index (χ1n) is 10.6. The Hall–Kier alpha value is -2.40. The van der Waals surface area contributed by atoms with Gasteiger partial charge in [-0.2, -0.15) is 10.2 Å². The van der Waals surface area contributed by atoms with E-state index in [1.54, 1.807) is 25.2 Å². The molecule has 3 rings (SSSR count). The lowest BCUT2D eigenvalue weighted by Gasteiger charge is -2.32. The van der Waals surface area contributed by atoms with Crippen LogP contribution in [0.4, 0.5) is 11.8 Å². The zero-order valence-electron chi connectivity index (χ0n) is 17.6. The maximum absolute atomic E-state index is 12.1. The first-order chi connectivity index (χ1) is 13.9. The van der Waals surface area contributed by atoms with Crippen molar-refractivity contribution in [2.45, 2.75) is 70.1 Å². The van der Waals surface area contributed by atoms with Crippen LogP contribution in [-0.2, 0) is 4.79 Å². The van der Waals surface area contributed by atoms with Crippen LogP contribution in [0.3, 0.4) is 0 Å². The van der Waals surface area contributed by atoms with Gasteiger partial charge in [-0.25, -0.2) is 4.98 Å². The van der Waals surface area contributed by atoms with Crippen LogP contribution in [0, 0.1) is 23.2 Å². The summed E-state index contributed by atoms with van der Waals surface area (Å²) in [5.74, 6) is 1.63. The predicted molar refractivity (Wildman–Crippen MR) is 111 cm³/mol. The van der Waals surface area contributed by atoms with Crippen LogP contribution in [0.1, 0.15) is 57.4 Å². The summed E-state index contributed by atoms with van der Waals surface area (Å²) in [7, 11) is 3.61. The highest BCUT2D eigenvalue weighted by atomic mass is 16.3. The van der Waals surface area contributed by atoms with Gasteiger partial charge in [0.2, 0.25) is 11.9 Å². The summed E-state index contributed by atoms with van der Waals surface area (Å²) in [4.78, 5) is 22.6. The first kappa shape index (κ1) is 21.3. The van der Waals surface area contributed by atoms with Crippen LogP contribution in [0.2, 0.25) is 0 Å². The Labute approximate surface area is 172 Å². The Morgan fingerprint density at radius 2 is 1.86 bits per heavy atom. The highest BCUT2D eigenvalue weighted by molar-refractivity contribution is 5.78. The molecule has 0 bridgehead atoms. The molecule has 1 amide bonds. The molecule has 2 aliphatic rings. The van der Waals surface area contributed by atoms with E-state index < -0.39 is 0 Å². The number of nitrogens with zero attached hydrogens (tertiary/aromatic N) is 4. The Morgan fingerprint density at radius 3 is 2.48 bits per heavy atom. The average Bonchev–Trinajstić information content (AvgIpc) is 2.71. The zero-order chi connectivity index (χ0) is 21.0. The number of hydrogen-bond acceptors (Lipinski definition) is 7. The second-order valence-electron chi connectivity index (χ2n) is 8.69. The molecular weight excluding hydrogens is 368 g/mol. The molecule has 1 aromatic rings. The van der Waals surface area contributed by atoms with E-state index in [2.05, 4.69) is 33.6 Å². The standard InChI is InChI=1S/C21H32N6O2/c1-13-4-7-17(10-18(13)28)24-19-15(11-22)12-23-21(26-19)25-16-8-5-14(6-9-16)20(29)27(2)3/h12-14,16-18,28H,4-10H2,1-3H3,(H2,23,24,25,26)/t13-,14-,16-,17-,18?/m1/s1. The molecule has 1 unspecified atom stereocenters. The molecule has 158 valence electrons. The van der Waals surface area contributed by atoms with Crippen molar-refractivity contribution in [2.75, 3.05) is 24.7 Å². The van der Waals surface area contributed by atoms with Crippen molar-refractivity contribution in [3.63, 3.8) is 0 Å². The van der Waals surface area contributed by atoms with Gasteiger partial charge in [0.05, 0.1) is 12.3 Å². The van der Waals surface area contributed by atoms with Gasteiger partial charge in [0.25, 0.3) is 0 Å². The third-order valence-electron chi connectivity index (χ3n) is 6.25. The fourth-order valence-corrected chi connectivity index (χ4v) is 4.30. The molecule has 1 heterocycles. The van der Waals surface area contributed by atoms with Crippen LogP contribution < -0.4 is 10.6 Å². The molecule has 3 atom stereocenters. The SMILES string of the molecule is C[C@@H]1CC[C@@H](Nc2nc(N[C@H]3CC[C@H](C(=O)N(C)C)CC3)ncc2C#N)CC1O. The number of aliphatic hydroxyl groups excluding tert-OH is 1. The van der Waals surface area contributed by atoms with Gasteiger partial charge in [-0.15, -0.1) is 0 Å². The molecule has 1 aromatic heterocycles. The van der Waals surface area contributed by atoms with Crippen molar-refractivity contribution < 1.29 is 9.90 Å². The van der Waals surface area contributed by atoms with Crippen molar-refractivity contribution in [3.8, 4) is 6.07 Å². The molecule has 8 nitrogen and oxygen atoms in total. The molecule has 29 heavy (non-hydrogen) atoms. The predicted octanol–water partition coefficient (Wildman–Crippen LogP) is 2.37. The summed E-state index contributed by atoms with van der Waals surface area (Å²) in [6.07, 6.45) is 7.26. The van der Waals surface area contributed by atoms with Crippen LogP contribution in [-0.4, -0.2) is 58.2 Å². The lowest BCUT2D eigenvalue weighted by molar-refractivity contribution is -0.133. The Kier molecular flexibility index (Phi) is 6.91. The van der Waals surface area contributed by atoms with Gasteiger partial charge in [-0.1, -0.05) is 6.92 Å². The van der Waals surface area contributed by atoms with Crippen LogP contribution in [0.25, 0.3) is 0 Å². The van der Waals surface area contributed by atoms with Gasteiger partial charge in [0.1, 0.15) is 17.5 Å². The maximum Gasteiger partial charge on any atom is 0.225 e. The number of anilines is 2. The lowest BCUT2D eigenvalue weighted by atomic mass is 9.85. The van der Waals surface area contributed by atoms with Gasteiger partial charge < -0.3 is 20.6 Å². The fourth-order valence-electron chi connectivity index (χ4n) is 4.30. The molecule has 0 radical (unpaired) electrons. The average molecular weight is 401 g/mol. The summed E-state index contributed by atoms with van der Waals surface area (Å²) in [6.45, 7) is 2.06. The van der Waals surface area contributed by atoms with Gasteiger partial charge in [0, 0.05) is 32.1 Å². The molecule has 0 aliphatic heterocycles.